The highest BCUT2D eigenvalue weighted by atomic mass is 32.1. The van der Waals surface area contributed by atoms with Gasteiger partial charge in [0.25, 0.3) is 0 Å². The predicted octanol–water partition coefficient (Wildman–Crippen LogP) is 2.79. The van der Waals surface area contributed by atoms with Gasteiger partial charge in [-0.25, -0.2) is 0 Å². The van der Waals surface area contributed by atoms with E-state index >= 15 is 0 Å². The highest BCUT2D eigenvalue weighted by Crippen LogP contribution is 2.33. The lowest BCUT2D eigenvalue weighted by molar-refractivity contribution is 0.102. The Morgan fingerprint density at radius 2 is 2.36 bits per heavy atom. The van der Waals surface area contributed by atoms with Crippen molar-refractivity contribution in [3.05, 3.63) is 29.3 Å². The lowest BCUT2D eigenvalue weighted by Crippen LogP contribution is -1.92. The van der Waals surface area contributed by atoms with E-state index in [0.29, 0.717) is 10.6 Å². The van der Waals surface area contributed by atoms with Crippen LogP contribution in [0.15, 0.2) is 28.9 Å². The quantitative estimate of drug-likeness (QED) is 0.770. The van der Waals surface area contributed by atoms with E-state index in [1.54, 1.807) is 18.4 Å². The van der Waals surface area contributed by atoms with Gasteiger partial charge >= 0.3 is 0 Å². The summed E-state index contributed by atoms with van der Waals surface area (Å²) in [6, 6.07) is 5.41. The van der Waals surface area contributed by atoms with Gasteiger partial charge in [0, 0.05) is 6.92 Å². The molecule has 2 heterocycles. The molecule has 14 heavy (non-hydrogen) atoms. The van der Waals surface area contributed by atoms with Gasteiger partial charge in [-0.2, -0.15) is 0 Å². The molecule has 2 aromatic rings. The topological polar surface area (TPSA) is 56.2 Å². The number of furan rings is 1. The maximum absolute atomic E-state index is 11.1. The fourth-order valence-electron chi connectivity index (χ4n) is 1.22. The van der Waals surface area contributed by atoms with Crippen molar-refractivity contribution in [1.82, 2.24) is 0 Å². The Kier molecular flexibility index (Phi) is 2.13. The first kappa shape index (κ1) is 9.02. The molecule has 0 unspecified atom stereocenters. The molecule has 0 saturated carbocycles. The molecular weight excluding hydrogens is 198 g/mol. The van der Waals surface area contributed by atoms with Crippen molar-refractivity contribution in [1.29, 1.82) is 0 Å². The fourth-order valence-corrected chi connectivity index (χ4v) is 2.16. The van der Waals surface area contributed by atoms with E-state index < -0.39 is 0 Å². The van der Waals surface area contributed by atoms with Crippen LogP contribution >= 0.6 is 11.3 Å². The summed E-state index contributed by atoms with van der Waals surface area (Å²) in [6.45, 7) is 1.51. The summed E-state index contributed by atoms with van der Waals surface area (Å²) in [5.74, 6) is 0.736. The van der Waals surface area contributed by atoms with E-state index in [0.717, 1.165) is 10.6 Å². The van der Waals surface area contributed by atoms with Crippen LogP contribution in [0.5, 0.6) is 0 Å². The number of rotatable bonds is 2. The van der Waals surface area contributed by atoms with Gasteiger partial charge in [-0.1, -0.05) is 0 Å². The van der Waals surface area contributed by atoms with E-state index in [2.05, 4.69) is 0 Å². The van der Waals surface area contributed by atoms with Crippen molar-refractivity contribution in [2.24, 2.45) is 0 Å². The van der Waals surface area contributed by atoms with E-state index in [4.69, 9.17) is 10.2 Å². The number of nitrogens with two attached hydrogens (primary N) is 1. The van der Waals surface area contributed by atoms with Gasteiger partial charge < -0.3 is 10.2 Å². The Morgan fingerprint density at radius 1 is 1.57 bits per heavy atom. The predicted molar refractivity (Wildman–Crippen MR) is 56.4 cm³/mol. The van der Waals surface area contributed by atoms with Crippen molar-refractivity contribution >= 4 is 22.8 Å². The largest absolute Gasteiger partial charge is 0.464 e. The molecule has 2 N–H and O–H groups in total. The SMILES string of the molecule is CC(=O)c1sc(-c2ccco2)cc1N. The zero-order valence-electron chi connectivity index (χ0n) is 7.61. The molecule has 3 nitrogen and oxygen atoms in total. The minimum atomic E-state index is -0.00898. The van der Waals surface area contributed by atoms with Crippen LogP contribution < -0.4 is 5.73 Å². The van der Waals surface area contributed by atoms with Crippen LogP contribution in [0.4, 0.5) is 5.69 Å². The van der Waals surface area contributed by atoms with Crippen molar-refractivity contribution in [3.63, 3.8) is 0 Å². The van der Waals surface area contributed by atoms with E-state index in [1.165, 1.54) is 18.3 Å². The maximum atomic E-state index is 11.1. The standard InChI is InChI=1S/C10H9NO2S/c1-6(12)10-7(11)5-9(14-10)8-3-2-4-13-8/h2-5H,11H2,1H3. The first-order chi connectivity index (χ1) is 6.68. The zero-order valence-corrected chi connectivity index (χ0v) is 8.43. The third-order valence-electron chi connectivity index (χ3n) is 1.84. The number of carbonyl (C=O) groups is 1. The van der Waals surface area contributed by atoms with Crippen LogP contribution in [0, 0.1) is 0 Å². The highest BCUT2D eigenvalue weighted by molar-refractivity contribution is 7.18. The number of thiophene rings is 1. The minimum Gasteiger partial charge on any atom is -0.464 e. The van der Waals surface area contributed by atoms with Gasteiger partial charge in [0.05, 0.1) is 21.7 Å². The second-order valence-electron chi connectivity index (χ2n) is 2.93. The van der Waals surface area contributed by atoms with Crippen LogP contribution in [-0.4, -0.2) is 5.78 Å². The number of carbonyl (C=O) groups excluding carboxylic acids is 1. The Morgan fingerprint density at radius 3 is 2.86 bits per heavy atom. The maximum Gasteiger partial charge on any atom is 0.171 e. The molecule has 0 aliphatic carbocycles. The van der Waals surface area contributed by atoms with Gasteiger partial charge in [-0.15, -0.1) is 11.3 Å². The summed E-state index contributed by atoms with van der Waals surface area (Å²) in [4.78, 5) is 12.6. The lowest BCUT2D eigenvalue weighted by atomic mass is 10.3. The zero-order chi connectivity index (χ0) is 10.1. The van der Waals surface area contributed by atoms with Crippen LogP contribution in [-0.2, 0) is 0 Å². The summed E-state index contributed by atoms with van der Waals surface area (Å²) < 4.78 is 5.21. The second kappa shape index (κ2) is 3.31. The molecule has 0 bridgehead atoms. The van der Waals surface area contributed by atoms with Crippen molar-refractivity contribution in [2.75, 3.05) is 5.73 Å². The van der Waals surface area contributed by atoms with Gasteiger partial charge in [0.2, 0.25) is 0 Å². The van der Waals surface area contributed by atoms with Crippen LogP contribution in [0.3, 0.4) is 0 Å². The molecule has 0 amide bonds. The summed E-state index contributed by atoms with van der Waals surface area (Å²) in [7, 11) is 0. The van der Waals surface area contributed by atoms with E-state index in [9.17, 15) is 4.79 Å². The van der Waals surface area contributed by atoms with Crippen LogP contribution in [0.1, 0.15) is 16.6 Å². The molecule has 0 saturated heterocycles. The molecule has 0 spiro atoms. The van der Waals surface area contributed by atoms with E-state index in [1.807, 2.05) is 6.07 Å². The smallest absolute Gasteiger partial charge is 0.171 e. The third-order valence-corrected chi connectivity index (χ3v) is 3.11. The minimum absolute atomic E-state index is 0.00898. The molecule has 2 rings (SSSR count). The first-order valence-corrected chi connectivity index (χ1v) is 4.94. The Bertz CT molecular complexity index is 456. The summed E-state index contributed by atoms with van der Waals surface area (Å²) in [5, 5.41) is 0. The average molecular weight is 207 g/mol. The number of ketones is 1. The Labute approximate surface area is 85.2 Å². The number of hydrogen-bond donors (Lipinski definition) is 1. The normalized spacial score (nSPS) is 10.4. The molecule has 2 aromatic heterocycles. The third kappa shape index (κ3) is 1.44. The summed E-state index contributed by atoms with van der Waals surface area (Å²) in [5.41, 5.74) is 6.22. The lowest BCUT2D eigenvalue weighted by Gasteiger charge is -1.88. The molecule has 0 radical (unpaired) electrons. The fraction of sp³-hybridized carbons (Fsp3) is 0.100. The number of anilines is 1. The van der Waals surface area contributed by atoms with E-state index in [-0.39, 0.29) is 5.78 Å². The molecule has 0 atom stereocenters. The van der Waals surface area contributed by atoms with Crippen molar-refractivity contribution in [3.8, 4) is 10.6 Å². The van der Waals surface area contributed by atoms with Crippen molar-refractivity contribution in [2.45, 2.75) is 6.92 Å². The number of nitrogen functional groups attached to an aromatic ring is 1. The number of hydrogen-bond acceptors (Lipinski definition) is 4. The molecule has 0 aliphatic heterocycles. The highest BCUT2D eigenvalue weighted by Gasteiger charge is 2.12. The Balaban J connectivity index is 2.48. The van der Waals surface area contributed by atoms with Gasteiger partial charge in [-0.3, -0.25) is 4.79 Å². The molecule has 0 aliphatic rings. The molecular formula is C10H9NO2S. The van der Waals surface area contributed by atoms with Gasteiger partial charge in [0.15, 0.2) is 5.78 Å². The monoisotopic (exact) mass is 207 g/mol. The first-order valence-electron chi connectivity index (χ1n) is 4.12. The summed E-state index contributed by atoms with van der Waals surface area (Å²) in [6.07, 6.45) is 1.60. The average Bonchev–Trinajstić information content (AvgIpc) is 2.70. The van der Waals surface area contributed by atoms with Gasteiger partial charge in [-0.05, 0) is 18.2 Å². The Hall–Kier alpha value is -1.55. The van der Waals surface area contributed by atoms with Gasteiger partial charge in [0.1, 0.15) is 5.76 Å². The van der Waals surface area contributed by atoms with Crippen LogP contribution in [0.25, 0.3) is 10.6 Å². The second-order valence-corrected chi connectivity index (χ2v) is 3.98. The molecule has 0 fully saturated rings. The molecule has 4 heteroatoms. The molecule has 0 aromatic carbocycles. The van der Waals surface area contributed by atoms with Crippen molar-refractivity contribution < 1.29 is 9.21 Å². The summed E-state index contributed by atoms with van der Waals surface area (Å²) >= 11 is 1.36. The number of Topliss-reactive ketones (excluding diaryl/α,β-unsaturated/α-hetero) is 1. The molecule has 72 valence electrons. The van der Waals surface area contributed by atoms with Crippen LogP contribution in [0.2, 0.25) is 0 Å².